The van der Waals surface area contributed by atoms with E-state index in [0.29, 0.717) is 32.5 Å². The number of thiophene rings is 1. The van der Waals surface area contributed by atoms with E-state index in [2.05, 4.69) is 15.8 Å². The lowest BCUT2D eigenvalue weighted by Crippen LogP contribution is -2.18. The van der Waals surface area contributed by atoms with Gasteiger partial charge in [0.05, 0.1) is 22.8 Å². The van der Waals surface area contributed by atoms with Gasteiger partial charge in [-0.05, 0) is 73.2 Å². The minimum absolute atomic E-state index is 0.0922. The molecule has 2 N–H and O–H groups in total. The number of carbonyl (C=O) groups is 3. The first-order valence-corrected chi connectivity index (χ1v) is 14.6. The van der Waals surface area contributed by atoms with Crippen LogP contribution in [0.15, 0.2) is 96.1 Å². The number of anilines is 1. The number of halogens is 1. The summed E-state index contributed by atoms with van der Waals surface area (Å²) in [4.78, 5) is 48.6. The van der Waals surface area contributed by atoms with Crippen LogP contribution < -0.4 is 20.2 Å². The number of esters is 1. The molecule has 0 aliphatic heterocycles. The number of benzene rings is 4. The quantitative estimate of drug-likeness (QED) is 0.0542. The predicted octanol–water partition coefficient (Wildman–Crippen LogP) is 7.10. The van der Waals surface area contributed by atoms with Crippen LogP contribution in [0.4, 0.5) is 11.4 Å². The maximum atomic E-state index is 13.0. The molecule has 2 amide bonds. The molecular formula is C32H23ClN4O7S. The second-order valence-corrected chi connectivity index (χ2v) is 10.7. The van der Waals surface area contributed by atoms with Crippen LogP contribution in [0, 0.1) is 10.1 Å². The minimum Gasteiger partial charge on any atom is -0.490 e. The van der Waals surface area contributed by atoms with Gasteiger partial charge in [-0.1, -0.05) is 29.8 Å². The number of hydrazone groups is 1. The Labute approximate surface area is 265 Å². The van der Waals surface area contributed by atoms with Gasteiger partial charge >= 0.3 is 5.97 Å². The molecule has 5 aromatic rings. The summed E-state index contributed by atoms with van der Waals surface area (Å²) in [6.07, 6.45) is 1.40. The Hall–Kier alpha value is -5.59. The third kappa shape index (κ3) is 7.32. The monoisotopic (exact) mass is 642 g/mol. The van der Waals surface area contributed by atoms with E-state index < -0.39 is 16.8 Å². The number of non-ortho nitro benzene ring substituents is 1. The van der Waals surface area contributed by atoms with Gasteiger partial charge in [-0.3, -0.25) is 19.7 Å². The molecule has 5 rings (SSSR count). The minimum atomic E-state index is -0.746. The van der Waals surface area contributed by atoms with E-state index >= 15 is 0 Å². The van der Waals surface area contributed by atoms with Crippen molar-refractivity contribution in [1.29, 1.82) is 0 Å². The van der Waals surface area contributed by atoms with Gasteiger partial charge in [0.2, 0.25) is 0 Å². The van der Waals surface area contributed by atoms with Crippen molar-refractivity contribution in [2.45, 2.75) is 6.92 Å². The van der Waals surface area contributed by atoms with Gasteiger partial charge in [0.1, 0.15) is 4.88 Å². The first-order chi connectivity index (χ1) is 21.7. The number of carbonyl (C=O) groups excluding carboxylic acids is 3. The highest BCUT2D eigenvalue weighted by atomic mass is 35.5. The lowest BCUT2D eigenvalue weighted by Gasteiger charge is -2.11. The Morgan fingerprint density at radius 1 is 0.933 bits per heavy atom. The molecule has 13 heteroatoms. The Morgan fingerprint density at radius 2 is 1.67 bits per heavy atom. The molecule has 0 fully saturated rings. The molecule has 0 aliphatic rings. The summed E-state index contributed by atoms with van der Waals surface area (Å²) in [6, 6.07) is 24.0. The number of amides is 2. The fraction of sp³-hybridized carbons (Fsp3) is 0.0625. The number of nitro groups is 1. The van der Waals surface area contributed by atoms with Gasteiger partial charge in [0.15, 0.2) is 11.5 Å². The van der Waals surface area contributed by atoms with Gasteiger partial charge in [-0.25, -0.2) is 10.2 Å². The number of nitrogens with one attached hydrogen (secondary N) is 2. The molecule has 0 radical (unpaired) electrons. The second kappa shape index (κ2) is 13.8. The van der Waals surface area contributed by atoms with Crippen molar-refractivity contribution in [3.63, 3.8) is 0 Å². The third-order valence-corrected chi connectivity index (χ3v) is 7.94. The standard InChI is InChI=1S/C32H23ClN4O7S/c1-2-43-26-16-19(8-15-25(26)44-32(40)29-28(33)24-14-13-23(37(41)42)17-27(24)45-29)18-34-36-31(39)21-9-11-22(12-10-21)35-30(38)20-6-4-3-5-7-20/h3-18H,2H2,1H3,(H,35,38)(H,36,39)/b34-18-. The van der Waals surface area contributed by atoms with Gasteiger partial charge in [0.25, 0.3) is 17.5 Å². The van der Waals surface area contributed by atoms with Crippen LogP contribution in [0.1, 0.15) is 42.9 Å². The van der Waals surface area contributed by atoms with Crippen molar-refractivity contribution in [2.24, 2.45) is 5.10 Å². The maximum absolute atomic E-state index is 13.0. The van der Waals surface area contributed by atoms with Crippen LogP contribution in [0.5, 0.6) is 11.5 Å². The summed E-state index contributed by atoms with van der Waals surface area (Å²) in [6.45, 7) is 2.04. The van der Waals surface area contributed by atoms with Gasteiger partial charge in [-0.2, -0.15) is 5.10 Å². The zero-order chi connectivity index (χ0) is 31.9. The van der Waals surface area contributed by atoms with E-state index in [0.717, 1.165) is 11.3 Å². The van der Waals surface area contributed by atoms with Crippen molar-refractivity contribution < 1.29 is 28.8 Å². The van der Waals surface area contributed by atoms with E-state index in [-0.39, 0.29) is 39.6 Å². The van der Waals surface area contributed by atoms with Gasteiger partial charge in [-0.15, -0.1) is 11.3 Å². The summed E-state index contributed by atoms with van der Waals surface area (Å²) in [5.41, 5.74) is 4.26. The largest absolute Gasteiger partial charge is 0.490 e. The number of nitrogens with zero attached hydrogens (tertiary/aromatic N) is 2. The number of rotatable bonds is 10. The smallest absolute Gasteiger partial charge is 0.355 e. The van der Waals surface area contributed by atoms with E-state index in [9.17, 15) is 24.5 Å². The average Bonchev–Trinajstić information content (AvgIpc) is 3.38. The lowest BCUT2D eigenvalue weighted by atomic mass is 10.1. The van der Waals surface area contributed by atoms with E-state index in [1.165, 1.54) is 30.5 Å². The lowest BCUT2D eigenvalue weighted by molar-refractivity contribution is -0.384. The number of hydrogen-bond acceptors (Lipinski definition) is 9. The summed E-state index contributed by atoms with van der Waals surface area (Å²) < 4.78 is 11.7. The van der Waals surface area contributed by atoms with E-state index in [4.69, 9.17) is 21.1 Å². The molecule has 226 valence electrons. The molecule has 0 aliphatic carbocycles. The van der Waals surface area contributed by atoms with Gasteiger partial charge < -0.3 is 14.8 Å². The highest BCUT2D eigenvalue weighted by molar-refractivity contribution is 7.21. The fourth-order valence-electron chi connectivity index (χ4n) is 4.13. The molecule has 0 unspecified atom stereocenters. The van der Waals surface area contributed by atoms with Gasteiger partial charge in [0, 0.05) is 39.0 Å². The van der Waals surface area contributed by atoms with Crippen LogP contribution in [0.2, 0.25) is 5.02 Å². The molecule has 11 nitrogen and oxygen atoms in total. The predicted molar refractivity (Wildman–Crippen MR) is 172 cm³/mol. The summed E-state index contributed by atoms with van der Waals surface area (Å²) in [5, 5.41) is 18.5. The average molecular weight is 643 g/mol. The normalized spacial score (nSPS) is 10.9. The Bertz CT molecular complexity index is 1940. The molecular weight excluding hydrogens is 620 g/mol. The van der Waals surface area contributed by atoms with Crippen molar-refractivity contribution in [3.8, 4) is 11.5 Å². The highest BCUT2D eigenvalue weighted by Gasteiger charge is 2.22. The zero-order valence-corrected chi connectivity index (χ0v) is 25.1. The molecule has 1 aromatic heterocycles. The summed E-state index contributed by atoms with van der Waals surface area (Å²) in [7, 11) is 0. The molecule has 0 saturated heterocycles. The molecule has 45 heavy (non-hydrogen) atoms. The maximum Gasteiger partial charge on any atom is 0.355 e. The van der Waals surface area contributed by atoms with Crippen LogP contribution >= 0.6 is 22.9 Å². The molecule has 1 heterocycles. The molecule has 0 spiro atoms. The van der Waals surface area contributed by atoms with Crippen LogP contribution in [-0.4, -0.2) is 35.5 Å². The molecule has 4 aromatic carbocycles. The van der Waals surface area contributed by atoms with E-state index in [1.54, 1.807) is 67.6 Å². The van der Waals surface area contributed by atoms with E-state index in [1.807, 2.05) is 6.07 Å². The second-order valence-electron chi connectivity index (χ2n) is 9.31. The van der Waals surface area contributed by atoms with Crippen molar-refractivity contribution in [1.82, 2.24) is 5.43 Å². The Kier molecular flexibility index (Phi) is 9.46. The molecule has 0 saturated carbocycles. The van der Waals surface area contributed by atoms with Crippen molar-refractivity contribution >= 4 is 68.4 Å². The molecule has 0 bridgehead atoms. The number of ether oxygens (including phenoxy) is 2. The summed E-state index contributed by atoms with van der Waals surface area (Å²) >= 11 is 7.38. The number of hydrogen-bond donors (Lipinski definition) is 2. The number of nitro benzene ring substituents is 1. The Balaban J connectivity index is 1.22. The SMILES string of the molecule is CCOc1cc(/C=N\NC(=O)c2ccc(NC(=O)c3ccccc3)cc2)ccc1OC(=O)c1sc2cc([N+](=O)[O-])ccc2c1Cl. The summed E-state index contributed by atoms with van der Waals surface area (Å²) in [5.74, 6) is -1.09. The fourth-order valence-corrected chi connectivity index (χ4v) is 5.55. The topological polar surface area (TPSA) is 149 Å². The van der Waals surface area contributed by atoms with Crippen LogP contribution in [-0.2, 0) is 0 Å². The van der Waals surface area contributed by atoms with Crippen LogP contribution in [0.3, 0.4) is 0 Å². The third-order valence-electron chi connectivity index (χ3n) is 6.30. The molecule has 0 atom stereocenters. The van der Waals surface area contributed by atoms with Crippen molar-refractivity contribution in [3.05, 3.63) is 128 Å². The highest BCUT2D eigenvalue weighted by Crippen LogP contribution is 2.38. The van der Waals surface area contributed by atoms with Crippen LogP contribution in [0.25, 0.3) is 10.1 Å². The number of fused-ring (bicyclic) bond motifs is 1. The Morgan fingerprint density at radius 3 is 2.38 bits per heavy atom. The first kappa shape index (κ1) is 30.9. The zero-order valence-electron chi connectivity index (χ0n) is 23.5. The first-order valence-electron chi connectivity index (χ1n) is 13.4. The van der Waals surface area contributed by atoms with Crippen molar-refractivity contribution in [2.75, 3.05) is 11.9 Å².